The van der Waals surface area contributed by atoms with Gasteiger partial charge in [0.25, 0.3) is 0 Å². The number of nitrogens with zero attached hydrogens (tertiary/aromatic N) is 1. The molecule has 1 aromatic carbocycles. The van der Waals surface area contributed by atoms with E-state index < -0.39 is 35.4 Å². The number of carbonyl (C=O) groups excluding carboxylic acids is 4. The topological polar surface area (TPSA) is 183 Å². The quantitative estimate of drug-likeness (QED) is 0.123. The molecule has 0 radical (unpaired) electrons. The number of rotatable bonds is 15. The Bertz CT molecular complexity index is 920. The first-order chi connectivity index (χ1) is 17.8. The molecule has 12 heteroatoms. The van der Waals surface area contributed by atoms with E-state index in [1.165, 1.54) is 0 Å². The molecule has 1 saturated heterocycles. The summed E-state index contributed by atoms with van der Waals surface area (Å²) in [7, 11) is 1.59. The minimum absolute atomic E-state index is 0.241. The number of carbonyl (C=O) groups is 5. The lowest BCUT2D eigenvalue weighted by molar-refractivity contribution is -0.149. The van der Waals surface area contributed by atoms with Crippen LogP contribution in [0, 0.1) is 0 Å². The van der Waals surface area contributed by atoms with E-state index in [2.05, 4.69) is 21.3 Å². The van der Waals surface area contributed by atoms with Gasteiger partial charge < -0.3 is 37.0 Å². The van der Waals surface area contributed by atoms with Crippen molar-refractivity contribution in [2.45, 2.75) is 56.1 Å². The predicted octanol–water partition coefficient (Wildman–Crippen LogP) is -1.26. The normalized spacial score (nSPS) is 16.2. The summed E-state index contributed by atoms with van der Waals surface area (Å²) in [6, 6.07) is 7.46. The van der Waals surface area contributed by atoms with Crippen molar-refractivity contribution in [1.82, 2.24) is 26.2 Å². The number of likely N-dealkylation sites (N-methyl/N-ethyl adjacent to an activating group) is 1. The highest BCUT2D eigenvalue weighted by molar-refractivity contribution is 5.91. The smallest absolute Gasteiger partial charge is 0.324 e. The van der Waals surface area contributed by atoms with Gasteiger partial charge in [-0.15, -0.1) is 0 Å². The first-order valence-corrected chi connectivity index (χ1v) is 12.5. The lowest BCUT2D eigenvalue weighted by Gasteiger charge is -2.39. The highest BCUT2D eigenvalue weighted by atomic mass is 16.4. The van der Waals surface area contributed by atoms with Crippen molar-refractivity contribution in [3.63, 3.8) is 0 Å². The maximum absolute atomic E-state index is 13.2. The van der Waals surface area contributed by atoms with Gasteiger partial charge in [-0.05, 0) is 51.3 Å². The number of carboxylic acid groups (broad SMARTS) is 1. The summed E-state index contributed by atoms with van der Waals surface area (Å²) in [5.41, 5.74) is 5.34. The van der Waals surface area contributed by atoms with Gasteiger partial charge in [-0.3, -0.25) is 24.0 Å². The molecule has 0 saturated carbocycles. The van der Waals surface area contributed by atoms with Crippen LogP contribution in [0.25, 0.3) is 0 Å². The first kappa shape index (κ1) is 29.7. The van der Waals surface area contributed by atoms with Gasteiger partial charge >= 0.3 is 5.97 Å². The van der Waals surface area contributed by atoms with E-state index in [1.807, 2.05) is 30.3 Å². The van der Waals surface area contributed by atoms with Crippen LogP contribution < -0.4 is 27.0 Å². The maximum atomic E-state index is 13.2. The molecule has 2 atom stereocenters. The van der Waals surface area contributed by atoms with Crippen molar-refractivity contribution in [2.24, 2.45) is 5.73 Å². The van der Waals surface area contributed by atoms with Crippen LogP contribution in [0.15, 0.2) is 30.3 Å². The Morgan fingerprint density at radius 2 is 1.78 bits per heavy atom. The molecule has 37 heavy (non-hydrogen) atoms. The van der Waals surface area contributed by atoms with E-state index in [9.17, 15) is 29.1 Å². The number of likely N-dealkylation sites (tertiary alicyclic amines) is 1. The van der Waals surface area contributed by atoms with Crippen LogP contribution in [0.5, 0.6) is 0 Å². The van der Waals surface area contributed by atoms with Crippen molar-refractivity contribution < 1.29 is 29.1 Å². The lowest BCUT2D eigenvalue weighted by Crippen LogP contribution is -2.60. The summed E-state index contributed by atoms with van der Waals surface area (Å²) in [5, 5.41) is 20.1. The molecular weight excluding hydrogens is 480 g/mol. The summed E-state index contributed by atoms with van der Waals surface area (Å²) in [5.74, 6) is -2.32. The van der Waals surface area contributed by atoms with Gasteiger partial charge in [-0.25, -0.2) is 0 Å². The van der Waals surface area contributed by atoms with Crippen LogP contribution >= 0.6 is 0 Å². The molecule has 1 aromatic rings. The lowest BCUT2D eigenvalue weighted by atomic mass is 9.87. The molecule has 0 spiro atoms. The van der Waals surface area contributed by atoms with Crippen LogP contribution in [0.2, 0.25) is 0 Å². The number of carboxylic acids is 1. The number of aliphatic carboxylic acids is 1. The maximum Gasteiger partial charge on any atom is 0.324 e. The fraction of sp³-hybridized carbons (Fsp3) is 0.560. The van der Waals surface area contributed by atoms with Crippen LogP contribution in [0.3, 0.4) is 0 Å². The Kier molecular flexibility index (Phi) is 12.0. The third kappa shape index (κ3) is 8.83. The van der Waals surface area contributed by atoms with Crippen molar-refractivity contribution in [3.05, 3.63) is 35.9 Å². The molecule has 0 aliphatic carbocycles. The molecule has 4 amide bonds. The standard InChI is InChI=1S/C25H38N6O6/c1-27-25(24(36)37)10-13-31(14-11-25)23(35)19(9-5-6-12-26)30-21(33)16-28-22(34)20(29-17-32)15-18-7-3-2-4-8-18/h2-4,7-8,17,19-20,27H,5-6,9-16,26H2,1H3,(H,28,34)(H,29,32)(H,30,33)(H,36,37). The summed E-state index contributed by atoms with van der Waals surface area (Å²) in [6.45, 7) is 0.562. The Hall–Kier alpha value is -3.51. The molecule has 204 valence electrons. The SMILES string of the molecule is CNC1(C(=O)O)CCN(C(=O)C(CCCCN)NC(=O)CNC(=O)C(Cc2ccccc2)NC=O)CC1. The molecule has 2 rings (SSSR count). The van der Waals surface area contributed by atoms with Crippen molar-refractivity contribution in [3.8, 4) is 0 Å². The molecule has 0 bridgehead atoms. The van der Waals surface area contributed by atoms with E-state index in [0.29, 0.717) is 32.2 Å². The van der Waals surface area contributed by atoms with Gasteiger partial charge in [-0.2, -0.15) is 0 Å². The molecule has 1 heterocycles. The van der Waals surface area contributed by atoms with E-state index in [4.69, 9.17) is 5.73 Å². The number of nitrogens with one attached hydrogen (secondary N) is 4. The number of nitrogens with two attached hydrogens (primary N) is 1. The predicted molar refractivity (Wildman–Crippen MR) is 136 cm³/mol. The number of hydrogen-bond donors (Lipinski definition) is 6. The number of benzene rings is 1. The molecule has 1 aliphatic rings. The van der Waals surface area contributed by atoms with Gasteiger partial charge in [0.2, 0.25) is 24.1 Å². The van der Waals surface area contributed by atoms with E-state index in [0.717, 1.165) is 5.56 Å². The molecule has 1 fully saturated rings. The fourth-order valence-electron chi connectivity index (χ4n) is 4.35. The van der Waals surface area contributed by atoms with Crippen LogP contribution in [0.1, 0.15) is 37.7 Å². The van der Waals surface area contributed by atoms with Gasteiger partial charge in [-0.1, -0.05) is 30.3 Å². The van der Waals surface area contributed by atoms with Crippen molar-refractivity contribution in [2.75, 3.05) is 33.2 Å². The molecule has 0 aromatic heterocycles. The van der Waals surface area contributed by atoms with Crippen LogP contribution in [-0.2, 0) is 30.4 Å². The van der Waals surface area contributed by atoms with Crippen LogP contribution in [-0.4, -0.2) is 91.0 Å². The average molecular weight is 519 g/mol. The minimum atomic E-state index is -1.08. The minimum Gasteiger partial charge on any atom is -0.480 e. The molecule has 2 unspecified atom stereocenters. The monoisotopic (exact) mass is 518 g/mol. The largest absolute Gasteiger partial charge is 0.480 e. The Balaban J connectivity index is 1.96. The summed E-state index contributed by atoms with van der Waals surface area (Å²) in [4.78, 5) is 62.7. The third-order valence-corrected chi connectivity index (χ3v) is 6.69. The zero-order valence-electron chi connectivity index (χ0n) is 21.2. The Labute approximate surface area is 216 Å². The Morgan fingerprint density at radius 1 is 1.11 bits per heavy atom. The second kappa shape index (κ2) is 14.9. The van der Waals surface area contributed by atoms with Crippen molar-refractivity contribution >= 4 is 30.1 Å². The second-order valence-corrected chi connectivity index (χ2v) is 9.11. The number of hydrogen-bond acceptors (Lipinski definition) is 7. The van der Waals surface area contributed by atoms with E-state index in [-0.39, 0.29) is 44.8 Å². The molecule has 12 nitrogen and oxygen atoms in total. The number of piperidine rings is 1. The van der Waals surface area contributed by atoms with E-state index >= 15 is 0 Å². The fourth-order valence-corrected chi connectivity index (χ4v) is 4.35. The highest BCUT2D eigenvalue weighted by Gasteiger charge is 2.42. The zero-order chi connectivity index (χ0) is 27.3. The number of unbranched alkanes of at least 4 members (excludes halogenated alkanes) is 1. The van der Waals surface area contributed by atoms with Crippen LogP contribution in [0.4, 0.5) is 0 Å². The Morgan fingerprint density at radius 3 is 2.35 bits per heavy atom. The van der Waals surface area contributed by atoms with Crippen molar-refractivity contribution in [1.29, 1.82) is 0 Å². The third-order valence-electron chi connectivity index (χ3n) is 6.69. The molecule has 7 N–H and O–H groups in total. The zero-order valence-corrected chi connectivity index (χ0v) is 21.2. The first-order valence-electron chi connectivity index (χ1n) is 12.5. The summed E-state index contributed by atoms with van der Waals surface area (Å²) >= 11 is 0. The second-order valence-electron chi connectivity index (χ2n) is 9.11. The molecule has 1 aliphatic heterocycles. The number of amides is 4. The summed E-state index contributed by atoms with van der Waals surface area (Å²) in [6.07, 6.45) is 2.85. The van der Waals surface area contributed by atoms with E-state index in [1.54, 1.807) is 11.9 Å². The average Bonchev–Trinajstić information content (AvgIpc) is 2.91. The highest BCUT2D eigenvalue weighted by Crippen LogP contribution is 2.23. The van der Waals surface area contributed by atoms with Gasteiger partial charge in [0.05, 0.1) is 6.54 Å². The van der Waals surface area contributed by atoms with Gasteiger partial charge in [0.1, 0.15) is 17.6 Å². The molecular formula is C25H38N6O6. The van der Waals surface area contributed by atoms with Gasteiger partial charge in [0, 0.05) is 19.5 Å². The summed E-state index contributed by atoms with van der Waals surface area (Å²) < 4.78 is 0. The van der Waals surface area contributed by atoms with Gasteiger partial charge in [0.15, 0.2) is 0 Å².